The van der Waals surface area contributed by atoms with Gasteiger partial charge in [0.1, 0.15) is 0 Å². The Morgan fingerprint density at radius 3 is 2.60 bits per heavy atom. The van der Waals surface area contributed by atoms with Gasteiger partial charge in [-0.3, -0.25) is 0 Å². The molecule has 1 atom stereocenters. The minimum absolute atomic E-state index is 0.0524. The molecule has 1 saturated carbocycles. The lowest BCUT2D eigenvalue weighted by molar-refractivity contribution is 0.287. The van der Waals surface area contributed by atoms with Crippen LogP contribution in [0.3, 0.4) is 0 Å². The van der Waals surface area contributed by atoms with Gasteiger partial charge < -0.3 is 5.11 Å². The molecular weight excluding hydrogens is 214 g/mol. The maximum absolute atomic E-state index is 11.5. The van der Waals surface area contributed by atoms with E-state index in [1.165, 1.54) is 12.8 Å². The molecule has 1 aliphatic rings. The minimum Gasteiger partial charge on any atom is -0.396 e. The van der Waals surface area contributed by atoms with Crippen LogP contribution in [0.1, 0.15) is 39.0 Å². The summed E-state index contributed by atoms with van der Waals surface area (Å²) in [5.41, 5.74) is 0. The monoisotopic (exact) mass is 235 g/mol. The van der Waals surface area contributed by atoms with Crippen molar-refractivity contribution in [2.75, 3.05) is 12.4 Å². The molecule has 0 aromatic carbocycles. The molecule has 4 nitrogen and oxygen atoms in total. The first-order chi connectivity index (χ1) is 7.03. The summed E-state index contributed by atoms with van der Waals surface area (Å²) in [5, 5.41) is 8.56. The van der Waals surface area contributed by atoms with E-state index in [0.717, 1.165) is 12.3 Å². The van der Waals surface area contributed by atoms with Gasteiger partial charge in [-0.2, -0.15) is 0 Å². The van der Waals surface area contributed by atoms with Crippen LogP contribution in [0.5, 0.6) is 0 Å². The van der Waals surface area contributed by atoms with Gasteiger partial charge in [0.25, 0.3) is 0 Å². The van der Waals surface area contributed by atoms with E-state index in [4.69, 9.17) is 5.11 Å². The zero-order chi connectivity index (χ0) is 11.3. The van der Waals surface area contributed by atoms with Gasteiger partial charge in [0.05, 0.1) is 5.75 Å². The van der Waals surface area contributed by atoms with Gasteiger partial charge in [-0.15, -0.1) is 0 Å². The van der Waals surface area contributed by atoms with Crippen LogP contribution in [0, 0.1) is 5.92 Å². The van der Waals surface area contributed by atoms with Gasteiger partial charge in [-0.1, -0.05) is 12.8 Å². The average molecular weight is 235 g/mol. The number of rotatable bonds is 8. The van der Waals surface area contributed by atoms with Crippen LogP contribution in [0.15, 0.2) is 0 Å². The van der Waals surface area contributed by atoms with Crippen LogP contribution < -0.4 is 4.72 Å². The Bertz CT molecular complexity index is 272. The Balaban J connectivity index is 2.20. The van der Waals surface area contributed by atoms with E-state index in [1.807, 2.05) is 6.92 Å². The smallest absolute Gasteiger partial charge is 0.211 e. The fourth-order valence-corrected chi connectivity index (χ4v) is 3.08. The van der Waals surface area contributed by atoms with Crippen molar-refractivity contribution < 1.29 is 13.5 Å². The second-order valence-electron chi connectivity index (χ2n) is 4.45. The van der Waals surface area contributed by atoms with Crippen molar-refractivity contribution in [2.24, 2.45) is 5.92 Å². The molecule has 1 aliphatic carbocycles. The van der Waals surface area contributed by atoms with E-state index in [2.05, 4.69) is 4.72 Å². The predicted octanol–water partition coefficient (Wildman–Crippen LogP) is 0.867. The number of hydrogen-bond donors (Lipinski definition) is 2. The first-order valence-electron chi connectivity index (χ1n) is 5.64. The van der Waals surface area contributed by atoms with Crippen LogP contribution in [0.2, 0.25) is 0 Å². The molecule has 2 N–H and O–H groups in total. The van der Waals surface area contributed by atoms with E-state index < -0.39 is 10.0 Å². The Kier molecular flexibility index (Phi) is 5.02. The van der Waals surface area contributed by atoms with Crippen LogP contribution in [-0.4, -0.2) is 31.9 Å². The molecule has 0 amide bonds. The highest BCUT2D eigenvalue weighted by molar-refractivity contribution is 7.89. The summed E-state index contributed by atoms with van der Waals surface area (Å²) in [5.74, 6) is 0.864. The third kappa shape index (κ3) is 6.12. The predicted molar refractivity (Wildman–Crippen MR) is 60.0 cm³/mol. The van der Waals surface area contributed by atoms with E-state index >= 15 is 0 Å². The topological polar surface area (TPSA) is 66.4 Å². The van der Waals surface area contributed by atoms with Crippen molar-refractivity contribution in [3.05, 3.63) is 0 Å². The standard InChI is InChI=1S/C10H21NO3S/c1-9(8-10-4-5-10)11-15(13,14)7-3-2-6-12/h9-12H,2-8H2,1H3. The number of nitrogens with one attached hydrogen (secondary N) is 1. The normalized spacial score (nSPS) is 19.1. The molecule has 1 rings (SSSR count). The third-order valence-electron chi connectivity index (χ3n) is 2.59. The second kappa shape index (κ2) is 5.82. The maximum atomic E-state index is 11.5. The first kappa shape index (κ1) is 12.9. The molecular formula is C10H21NO3S. The average Bonchev–Trinajstić information content (AvgIpc) is 2.87. The second-order valence-corrected chi connectivity index (χ2v) is 6.32. The van der Waals surface area contributed by atoms with Gasteiger partial charge in [0.2, 0.25) is 10.0 Å². The molecule has 0 spiro atoms. The molecule has 0 saturated heterocycles. The van der Waals surface area contributed by atoms with Gasteiger partial charge in [-0.25, -0.2) is 13.1 Å². The van der Waals surface area contributed by atoms with Crippen molar-refractivity contribution in [2.45, 2.75) is 45.1 Å². The number of unbranched alkanes of at least 4 members (excludes halogenated alkanes) is 1. The van der Waals surface area contributed by atoms with Gasteiger partial charge >= 0.3 is 0 Å². The van der Waals surface area contributed by atoms with Crippen molar-refractivity contribution in [3.63, 3.8) is 0 Å². The Morgan fingerprint density at radius 1 is 1.40 bits per heavy atom. The highest BCUT2D eigenvalue weighted by Crippen LogP contribution is 2.33. The summed E-state index contributed by atoms with van der Waals surface area (Å²) in [6.45, 7) is 1.98. The summed E-state index contributed by atoms with van der Waals surface area (Å²) >= 11 is 0. The van der Waals surface area contributed by atoms with Gasteiger partial charge in [-0.05, 0) is 32.1 Å². The molecule has 1 fully saturated rings. The number of aliphatic hydroxyl groups is 1. The zero-order valence-electron chi connectivity index (χ0n) is 9.28. The molecule has 5 heteroatoms. The molecule has 0 bridgehead atoms. The first-order valence-corrected chi connectivity index (χ1v) is 7.29. The molecule has 90 valence electrons. The minimum atomic E-state index is -3.13. The SMILES string of the molecule is CC(CC1CC1)NS(=O)(=O)CCCCO. The summed E-state index contributed by atoms with van der Waals surface area (Å²) in [4.78, 5) is 0. The third-order valence-corrected chi connectivity index (χ3v) is 4.17. The lowest BCUT2D eigenvalue weighted by atomic mass is 10.2. The van der Waals surface area contributed by atoms with Gasteiger partial charge in [0.15, 0.2) is 0 Å². The Labute approximate surface area is 92.1 Å². The summed E-state index contributed by atoms with van der Waals surface area (Å²) in [7, 11) is -3.13. The molecule has 0 heterocycles. The lowest BCUT2D eigenvalue weighted by Crippen LogP contribution is -2.34. The van der Waals surface area contributed by atoms with Crippen LogP contribution >= 0.6 is 0 Å². The molecule has 0 radical (unpaired) electrons. The fraction of sp³-hybridized carbons (Fsp3) is 1.00. The van der Waals surface area contributed by atoms with Crippen molar-refractivity contribution >= 4 is 10.0 Å². The molecule has 1 unspecified atom stereocenters. The Morgan fingerprint density at radius 2 is 2.07 bits per heavy atom. The van der Waals surface area contributed by atoms with E-state index in [-0.39, 0.29) is 18.4 Å². The number of aliphatic hydroxyl groups excluding tert-OH is 1. The van der Waals surface area contributed by atoms with Crippen LogP contribution in [0.25, 0.3) is 0 Å². The Hall–Kier alpha value is -0.130. The summed E-state index contributed by atoms with van der Waals surface area (Å²) in [6.07, 6.45) is 4.53. The van der Waals surface area contributed by atoms with E-state index in [0.29, 0.717) is 12.8 Å². The van der Waals surface area contributed by atoms with Crippen molar-refractivity contribution in [1.29, 1.82) is 0 Å². The quantitative estimate of drug-likeness (QED) is 0.613. The van der Waals surface area contributed by atoms with E-state index in [9.17, 15) is 8.42 Å². The molecule has 15 heavy (non-hydrogen) atoms. The van der Waals surface area contributed by atoms with Crippen LogP contribution in [-0.2, 0) is 10.0 Å². The lowest BCUT2D eigenvalue weighted by Gasteiger charge is -2.13. The molecule has 0 aliphatic heterocycles. The molecule has 0 aromatic rings. The van der Waals surface area contributed by atoms with Crippen LogP contribution in [0.4, 0.5) is 0 Å². The highest BCUT2D eigenvalue weighted by Gasteiger charge is 2.25. The number of sulfonamides is 1. The van der Waals surface area contributed by atoms with E-state index in [1.54, 1.807) is 0 Å². The summed E-state index contributed by atoms with van der Waals surface area (Å²) in [6, 6.07) is 0.0524. The summed E-state index contributed by atoms with van der Waals surface area (Å²) < 4.78 is 25.7. The van der Waals surface area contributed by atoms with Gasteiger partial charge in [0, 0.05) is 12.6 Å². The van der Waals surface area contributed by atoms with Crippen molar-refractivity contribution in [3.8, 4) is 0 Å². The highest BCUT2D eigenvalue weighted by atomic mass is 32.2. The maximum Gasteiger partial charge on any atom is 0.211 e. The largest absolute Gasteiger partial charge is 0.396 e. The fourth-order valence-electron chi connectivity index (χ4n) is 1.67. The van der Waals surface area contributed by atoms with Crippen molar-refractivity contribution in [1.82, 2.24) is 4.72 Å². The number of hydrogen-bond acceptors (Lipinski definition) is 3. The zero-order valence-corrected chi connectivity index (χ0v) is 10.1. The molecule has 0 aromatic heterocycles.